The second-order valence-electron chi connectivity index (χ2n) is 3.94. The molecule has 1 unspecified atom stereocenters. The van der Waals surface area contributed by atoms with Gasteiger partial charge in [-0.2, -0.15) is 0 Å². The SMILES string of the molecule is C=CCOc1cc(F)ccc1C(O)c1ccccn1. The molecule has 0 amide bonds. The fourth-order valence-electron chi connectivity index (χ4n) is 1.70. The smallest absolute Gasteiger partial charge is 0.128 e. The summed E-state index contributed by atoms with van der Waals surface area (Å²) in [5, 5.41) is 10.3. The lowest BCUT2D eigenvalue weighted by Gasteiger charge is -2.15. The molecule has 2 rings (SSSR count). The molecule has 1 aromatic carbocycles. The van der Waals surface area contributed by atoms with Gasteiger partial charge in [-0.3, -0.25) is 4.98 Å². The maximum absolute atomic E-state index is 13.2. The quantitative estimate of drug-likeness (QED) is 0.839. The Bertz CT molecular complexity index is 557. The van der Waals surface area contributed by atoms with Crippen LogP contribution in [0.15, 0.2) is 55.3 Å². The number of aromatic nitrogens is 1. The summed E-state index contributed by atoms with van der Waals surface area (Å²) >= 11 is 0. The predicted octanol–water partition coefficient (Wildman–Crippen LogP) is 2.87. The minimum Gasteiger partial charge on any atom is -0.489 e. The Morgan fingerprint density at radius 1 is 1.37 bits per heavy atom. The van der Waals surface area contributed by atoms with Crippen LogP contribution in [0.3, 0.4) is 0 Å². The number of aliphatic hydroxyl groups excluding tert-OH is 1. The van der Waals surface area contributed by atoms with E-state index in [4.69, 9.17) is 4.74 Å². The van der Waals surface area contributed by atoms with E-state index in [9.17, 15) is 9.50 Å². The van der Waals surface area contributed by atoms with Gasteiger partial charge in [-0.15, -0.1) is 0 Å². The van der Waals surface area contributed by atoms with Gasteiger partial charge in [0.15, 0.2) is 0 Å². The zero-order valence-electron chi connectivity index (χ0n) is 10.3. The van der Waals surface area contributed by atoms with Crippen LogP contribution >= 0.6 is 0 Å². The molecule has 1 heterocycles. The molecule has 19 heavy (non-hydrogen) atoms. The molecule has 0 spiro atoms. The van der Waals surface area contributed by atoms with Crippen molar-refractivity contribution in [2.45, 2.75) is 6.10 Å². The van der Waals surface area contributed by atoms with Crippen LogP contribution in [0.25, 0.3) is 0 Å². The summed E-state index contributed by atoms with van der Waals surface area (Å²) in [6.45, 7) is 3.78. The summed E-state index contributed by atoms with van der Waals surface area (Å²) in [7, 11) is 0. The van der Waals surface area contributed by atoms with E-state index in [1.807, 2.05) is 0 Å². The van der Waals surface area contributed by atoms with E-state index in [0.29, 0.717) is 11.3 Å². The Balaban J connectivity index is 2.35. The summed E-state index contributed by atoms with van der Waals surface area (Å²) in [4.78, 5) is 4.08. The lowest BCUT2D eigenvalue weighted by atomic mass is 10.0. The molecule has 0 bridgehead atoms. The van der Waals surface area contributed by atoms with Gasteiger partial charge in [0, 0.05) is 17.8 Å². The average molecular weight is 259 g/mol. The summed E-state index contributed by atoms with van der Waals surface area (Å²) in [6, 6.07) is 9.25. The van der Waals surface area contributed by atoms with E-state index in [2.05, 4.69) is 11.6 Å². The van der Waals surface area contributed by atoms with Crippen LogP contribution in [0.2, 0.25) is 0 Å². The Morgan fingerprint density at radius 3 is 2.89 bits per heavy atom. The molecule has 2 aromatic rings. The average Bonchev–Trinajstić information content (AvgIpc) is 2.45. The van der Waals surface area contributed by atoms with E-state index in [1.165, 1.54) is 18.2 Å². The van der Waals surface area contributed by atoms with Crippen LogP contribution < -0.4 is 4.74 Å². The van der Waals surface area contributed by atoms with Gasteiger partial charge in [0.2, 0.25) is 0 Å². The van der Waals surface area contributed by atoms with Gasteiger partial charge in [0.05, 0.1) is 5.69 Å². The minimum absolute atomic E-state index is 0.241. The highest BCUT2D eigenvalue weighted by atomic mass is 19.1. The number of nitrogens with zero attached hydrogens (tertiary/aromatic N) is 1. The summed E-state index contributed by atoms with van der Waals surface area (Å²) < 4.78 is 18.6. The van der Waals surface area contributed by atoms with Crippen molar-refractivity contribution in [1.29, 1.82) is 0 Å². The number of pyridine rings is 1. The van der Waals surface area contributed by atoms with Crippen LogP contribution in [0, 0.1) is 5.82 Å². The molecule has 3 nitrogen and oxygen atoms in total. The highest BCUT2D eigenvalue weighted by Gasteiger charge is 2.17. The first-order valence-corrected chi connectivity index (χ1v) is 5.84. The van der Waals surface area contributed by atoms with Crippen LogP contribution in [0.4, 0.5) is 4.39 Å². The topological polar surface area (TPSA) is 42.4 Å². The van der Waals surface area contributed by atoms with Crippen molar-refractivity contribution >= 4 is 0 Å². The lowest BCUT2D eigenvalue weighted by Crippen LogP contribution is -2.06. The molecule has 0 saturated carbocycles. The molecule has 0 saturated heterocycles. The van der Waals surface area contributed by atoms with Crippen molar-refractivity contribution < 1.29 is 14.2 Å². The number of aliphatic hydroxyl groups is 1. The second kappa shape index (κ2) is 6.11. The van der Waals surface area contributed by atoms with Gasteiger partial charge in [0.25, 0.3) is 0 Å². The number of halogens is 1. The van der Waals surface area contributed by atoms with Crippen molar-refractivity contribution in [2.24, 2.45) is 0 Å². The third-order valence-corrected chi connectivity index (χ3v) is 2.59. The molecule has 0 aliphatic rings. The Kier molecular flexibility index (Phi) is 4.26. The number of benzene rings is 1. The zero-order chi connectivity index (χ0) is 13.7. The van der Waals surface area contributed by atoms with Gasteiger partial charge in [0.1, 0.15) is 24.3 Å². The minimum atomic E-state index is -0.957. The second-order valence-corrected chi connectivity index (χ2v) is 3.94. The maximum atomic E-state index is 13.2. The van der Waals surface area contributed by atoms with Gasteiger partial charge in [-0.25, -0.2) is 4.39 Å². The summed E-state index contributed by atoms with van der Waals surface area (Å²) in [5.74, 6) is -0.130. The summed E-state index contributed by atoms with van der Waals surface area (Å²) in [5.41, 5.74) is 0.958. The van der Waals surface area contributed by atoms with Crippen molar-refractivity contribution in [3.05, 3.63) is 72.3 Å². The number of hydrogen-bond acceptors (Lipinski definition) is 3. The van der Waals surface area contributed by atoms with E-state index < -0.39 is 11.9 Å². The standard InChI is InChI=1S/C15H14FNO2/c1-2-9-19-14-10-11(16)6-7-12(14)15(18)13-5-3-4-8-17-13/h2-8,10,15,18H,1,9H2. The number of ether oxygens (including phenoxy) is 1. The van der Waals surface area contributed by atoms with E-state index in [0.717, 1.165) is 0 Å². The Hall–Kier alpha value is -2.20. The fraction of sp³-hybridized carbons (Fsp3) is 0.133. The van der Waals surface area contributed by atoms with Gasteiger partial charge < -0.3 is 9.84 Å². The molecule has 0 aliphatic carbocycles. The largest absolute Gasteiger partial charge is 0.489 e. The Morgan fingerprint density at radius 2 is 2.21 bits per heavy atom. The molecular formula is C15H14FNO2. The molecular weight excluding hydrogens is 245 g/mol. The van der Waals surface area contributed by atoms with Crippen LogP contribution in [0.5, 0.6) is 5.75 Å². The van der Waals surface area contributed by atoms with E-state index in [1.54, 1.807) is 30.5 Å². The van der Waals surface area contributed by atoms with Gasteiger partial charge in [-0.05, 0) is 24.3 Å². The van der Waals surface area contributed by atoms with Gasteiger partial charge >= 0.3 is 0 Å². The first kappa shape index (κ1) is 13.2. The first-order valence-electron chi connectivity index (χ1n) is 5.84. The number of rotatable bonds is 5. The van der Waals surface area contributed by atoms with Crippen LogP contribution in [0.1, 0.15) is 17.4 Å². The molecule has 1 N–H and O–H groups in total. The molecule has 0 fully saturated rings. The molecule has 1 atom stereocenters. The highest BCUT2D eigenvalue weighted by Crippen LogP contribution is 2.29. The number of hydrogen-bond donors (Lipinski definition) is 1. The zero-order valence-corrected chi connectivity index (χ0v) is 10.3. The molecule has 4 heteroatoms. The van der Waals surface area contributed by atoms with Crippen molar-refractivity contribution in [2.75, 3.05) is 6.61 Å². The molecule has 0 aliphatic heterocycles. The van der Waals surface area contributed by atoms with E-state index in [-0.39, 0.29) is 12.4 Å². The molecule has 0 radical (unpaired) electrons. The third kappa shape index (κ3) is 3.17. The predicted molar refractivity (Wildman–Crippen MR) is 70.4 cm³/mol. The van der Waals surface area contributed by atoms with E-state index >= 15 is 0 Å². The first-order chi connectivity index (χ1) is 9.22. The Labute approximate surface area is 111 Å². The lowest BCUT2D eigenvalue weighted by molar-refractivity contribution is 0.208. The fourth-order valence-corrected chi connectivity index (χ4v) is 1.70. The third-order valence-electron chi connectivity index (χ3n) is 2.59. The highest BCUT2D eigenvalue weighted by molar-refractivity contribution is 5.39. The van der Waals surface area contributed by atoms with Crippen LogP contribution in [-0.2, 0) is 0 Å². The maximum Gasteiger partial charge on any atom is 0.128 e. The van der Waals surface area contributed by atoms with Crippen molar-refractivity contribution in [1.82, 2.24) is 4.98 Å². The summed E-state index contributed by atoms with van der Waals surface area (Å²) in [6.07, 6.45) is 2.19. The van der Waals surface area contributed by atoms with Crippen molar-refractivity contribution in [3.63, 3.8) is 0 Å². The van der Waals surface area contributed by atoms with Crippen molar-refractivity contribution in [3.8, 4) is 5.75 Å². The van der Waals surface area contributed by atoms with Gasteiger partial charge in [-0.1, -0.05) is 18.7 Å². The monoisotopic (exact) mass is 259 g/mol. The van der Waals surface area contributed by atoms with Crippen LogP contribution in [-0.4, -0.2) is 16.7 Å². The molecule has 1 aromatic heterocycles. The molecule has 98 valence electrons. The normalized spacial score (nSPS) is 11.9.